The highest BCUT2D eigenvalue weighted by Gasteiger charge is 2.47. The predicted molar refractivity (Wildman–Crippen MR) is 141 cm³/mol. The first-order valence-corrected chi connectivity index (χ1v) is 12.2. The molecule has 1 aromatic heterocycles. The van der Waals surface area contributed by atoms with E-state index in [1.54, 1.807) is 0 Å². The van der Waals surface area contributed by atoms with Crippen molar-refractivity contribution in [1.29, 1.82) is 0 Å². The summed E-state index contributed by atoms with van der Waals surface area (Å²) >= 11 is 0. The minimum absolute atomic E-state index is 0.0842. The van der Waals surface area contributed by atoms with Crippen LogP contribution >= 0.6 is 0 Å². The van der Waals surface area contributed by atoms with Gasteiger partial charge >= 0.3 is 0 Å². The number of anilines is 1. The summed E-state index contributed by atoms with van der Waals surface area (Å²) in [7, 11) is 0. The number of aromatic nitrogens is 3. The maximum absolute atomic E-state index is 14.2. The van der Waals surface area contributed by atoms with Gasteiger partial charge in [-0.2, -0.15) is 0 Å². The number of aryl methyl sites for hydroxylation is 1. The Morgan fingerprint density at radius 1 is 0.778 bits per heavy atom. The van der Waals surface area contributed by atoms with Gasteiger partial charge in [0.25, 0.3) is 0 Å². The van der Waals surface area contributed by atoms with Crippen LogP contribution in [0.25, 0.3) is 11.0 Å². The minimum atomic E-state index is -0.359. The van der Waals surface area contributed by atoms with Gasteiger partial charge in [0.2, 0.25) is 5.91 Å². The Balaban J connectivity index is 1.49. The highest BCUT2D eigenvalue weighted by atomic mass is 16.2. The maximum atomic E-state index is 14.2. The molecule has 2 heterocycles. The smallest absolute Gasteiger partial charge is 0.246 e. The van der Waals surface area contributed by atoms with Crippen molar-refractivity contribution in [3.05, 3.63) is 126 Å². The summed E-state index contributed by atoms with van der Waals surface area (Å²) in [6.45, 7) is 2.50. The van der Waals surface area contributed by atoms with Gasteiger partial charge in [-0.15, -0.1) is 5.10 Å². The predicted octanol–water partition coefficient (Wildman–Crippen LogP) is 5.36. The molecule has 0 bridgehead atoms. The fourth-order valence-corrected chi connectivity index (χ4v) is 5.08. The van der Waals surface area contributed by atoms with Crippen LogP contribution in [0.5, 0.6) is 0 Å². The lowest BCUT2D eigenvalue weighted by Crippen LogP contribution is -2.38. The van der Waals surface area contributed by atoms with E-state index in [1.807, 2.05) is 82.4 Å². The largest absolute Gasteiger partial charge is 0.290 e. The van der Waals surface area contributed by atoms with Crippen LogP contribution in [0.15, 0.2) is 109 Å². The van der Waals surface area contributed by atoms with E-state index in [2.05, 4.69) is 58.5 Å². The second-order valence-corrected chi connectivity index (χ2v) is 9.27. The lowest BCUT2D eigenvalue weighted by Gasteiger charge is -2.31. The number of para-hydroxylation sites is 1. The van der Waals surface area contributed by atoms with Gasteiger partial charge in [0.15, 0.2) is 0 Å². The van der Waals surface area contributed by atoms with Crippen molar-refractivity contribution in [3.8, 4) is 0 Å². The van der Waals surface area contributed by atoms with E-state index in [9.17, 15) is 4.79 Å². The van der Waals surface area contributed by atoms with Crippen LogP contribution in [-0.2, 0) is 17.9 Å². The zero-order chi connectivity index (χ0) is 24.5. The molecule has 0 saturated carbocycles. The number of carbonyl (C=O) groups excluding carboxylic acids is 1. The van der Waals surface area contributed by atoms with Crippen molar-refractivity contribution in [2.24, 2.45) is 0 Å². The van der Waals surface area contributed by atoms with E-state index in [4.69, 9.17) is 0 Å². The third-order valence-electron chi connectivity index (χ3n) is 6.88. The summed E-state index contributed by atoms with van der Waals surface area (Å²) in [5.74, 6) is 0.0842. The number of rotatable bonds is 6. The molecule has 6 nitrogen and oxygen atoms in total. The van der Waals surface area contributed by atoms with Gasteiger partial charge in [-0.3, -0.25) is 9.69 Å². The zero-order valence-corrected chi connectivity index (χ0v) is 20.1. The van der Waals surface area contributed by atoms with E-state index in [0.29, 0.717) is 13.1 Å². The number of hydrogen-bond acceptors (Lipinski definition) is 4. The van der Waals surface area contributed by atoms with Gasteiger partial charge in [-0.1, -0.05) is 95.7 Å². The summed E-state index contributed by atoms with van der Waals surface area (Å²) in [5, 5.41) is 8.82. The van der Waals surface area contributed by atoms with Crippen LogP contribution in [-0.4, -0.2) is 31.8 Å². The molecule has 36 heavy (non-hydrogen) atoms. The normalized spacial score (nSPS) is 18.2. The molecule has 1 fully saturated rings. The molecular formula is C30H27N5O. The average Bonchev–Trinajstić information content (AvgIpc) is 3.45. The molecular weight excluding hydrogens is 446 g/mol. The molecule has 2 unspecified atom stereocenters. The third-order valence-corrected chi connectivity index (χ3v) is 6.88. The van der Waals surface area contributed by atoms with Crippen molar-refractivity contribution in [2.45, 2.75) is 32.2 Å². The maximum Gasteiger partial charge on any atom is 0.246 e. The van der Waals surface area contributed by atoms with Crippen molar-refractivity contribution in [3.63, 3.8) is 0 Å². The average molecular weight is 474 g/mol. The number of fused-ring (bicyclic) bond motifs is 1. The minimum Gasteiger partial charge on any atom is -0.290 e. The molecule has 1 saturated heterocycles. The van der Waals surface area contributed by atoms with E-state index in [-0.39, 0.29) is 18.1 Å². The third kappa shape index (κ3) is 4.06. The van der Waals surface area contributed by atoms with Gasteiger partial charge in [-0.05, 0) is 48.7 Å². The number of carbonyl (C=O) groups is 1. The zero-order valence-electron chi connectivity index (χ0n) is 20.1. The molecule has 0 radical (unpaired) electrons. The van der Waals surface area contributed by atoms with Crippen LogP contribution in [0.1, 0.15) is 22.9 Å². The highest BCUT2D eigenvalue weighted by Crippen LogP contribution is 2.40. The lowest BCUT2D eigenvalue weighted by molar-refractivity contribution is -0.120. The molecule has 6 heteroatoms. The summed E-state index contributed by atoms with van der Waals surface area (Å²) in [4.78, 5) is 18.4. The van der Waals surface area contributed by atoms with Gasteiger partial charge in [0.05, 0.1) is 18.2 Å². The molecule has 178 valence electrons. The van der Waals surface area contributed by atoms with Gasteiger partial charge in [0, 0.05) is 5.69 Å². The molecule has 1 aliphatic heterocycles. The standard InChI is InChI=1S/C30H27N5O/c1-22-16-18-25(19-17-22)35-29(24-12-6-3-7-13-24)33(21-34-27-15-9-8-14-26(27)31-32-34)28(30(35)36)20-23-10-4-2-5-11-23/h2-19,28-29H,20-21H2,1H3. The fraction of sp³-hybridized carbons (Fsp3) is 0.167. The van der Waals surface area contributed by atoms with Crippen molar-refractivity contribution >= 4 is 22.6 Å². The molecule has 0 N–H and O–H groups in total. The Hall–Kier alpha value is -4.29. The summed E-state index contributed by atoms with van der Waals surface area (Å²) in [6.07, 6.45) is 0.330. The summed E-state index contributed by atoms with van der Waals surface area (Å²) in [6, 6.07) is 36.3. The van der Waals surface area contributed by atoms with Crippen molar-refractivity contribution in [1.82, 2.24) is 19.9 Å². The monoisotopic (exact) mass is 473 g/mol. The number of amides is 1. The number of benzene rings is 4. The van der Waals surface area contributed by atoms with Crippen molar-refractivity contribution < 1.29 is 4.79 Å². The summed E-state index contributed by atoms with van der Waals surface area (Å²) < 4.78 is 1.90. The molecule has 6 rings (SSSR count). The van der Waals surface area contributed by atoms with E-state index < -0.39 is 0 Å². The Bertz CT molecular complexity index is 1480. The second-order valence-electron chi connectivity index (χ2n) is 9.27. The van der Waals surface area contributed by atoms with Crippen LogP contribution in [0.3, 0.4) is 0 Å². The van der Waals surface area contributed by atoms with E-state index in [1.165, 1.54) is 0 Å². The molecule has 0 spiro atoms. The second kappa shape index (κ2) is 9.40. The van der Waals surface area contributed by atoms with Gasteiger partial charge < -0.3 is 0 Å². The molecule has 1 amide bonds. The topological polar surface area (TPSA) is 54.3 Å². The van der Waals surface area contributed by atoms with E-state index >= 15 is 0 Å². The lowest BCUT2D eigenvalue weighted by atomic mass is 10.0. The van der Waals surface area contributed by atoms with Crippen molar-refractivity contribution in [2.75, 3.05) is 4.90 Å². The first kappa shape index (κ1) is 22.2. The number of hydrogen-bond donors (Lipinski definition) is 0. The van der Waals surface area contributed by atoms with Crippen LogP contribution in [0.4, 0.5) is 5.69 Å². The quantitative estimate of drug-likeness (QED) is 0.333. The van der Waals surface area contributed by atoms with Crippen LogP contribution in [0.2, 0.25) is 0 Å². The molecule has 4 aromatic carbocycles. The molecule has 2 atom stereocenters. The first-order chi connectivity index (χ1) is 17.7. The Kier molecular flexibility index (Phi) is 5.79. The van der Waals surface area contributed by atoms with Crippen LogP contribution < -0.4 is 4.90 Å². The number of nitrogens with zero attached hydrogens (tertiary/aromatic N) is 5. The first-order valence-electron chi connectivity index (χ1n) is 12.2. The fourth-order valence-electron chi connectivity index (χ4n) is 5.08. The highest BCUT2D eigenvalue weighted by molar-refractivity contribution is 6.00. The van der Waals surface area contributed by atoms with E-state index in [0.717, 1.165) is 33.4 Å². The Labute approximate surface area is 210 Å². The molecule has 0 aliphatic carbocycles. The Morgan fingerprint density at radius 3 is 2.19 bits per heavy atom. The molecule has 5 aromatic rings. The van der Waals surface area contributed by atoms with Crippen LogP contribution in [0, 0.1) is 6.92 Å². The summed E-state index contributed by atoms with van der Waals surface area (Å²) in [5.41, 5.74) is 6.03. The van der Waals surface area contributed by atoms with Gasteiger partial charge in [-0.25, -0.2) is 9.58 Å². The Morgan fingerprint density at radius 2 is 1.44 bits per heavy atom. The van der Waals surface area contributed by atoms with Gasteiger partial charge in [0.1, 0.15) is 11.7 Å². The SMILES string of the molecule is Cc1ccc(N2C(=O)C(Cc3ccccc3)N(Cn3nnc4ccccc43)C2c2ccccc2)cc1. The molecule has 1 aliphatic rings.